The highest BCUT2D eigenvalue weighted by Gasteiger charge is 2.42. The fraction of sp³-hybridized carbons (Fsp3) is 0.250. The van der Waals surface area contributed by atoms with Crippen LogP contribution in [0.3, 0.4) is 0 Å². The highest BCUT2D eigenvalue weighted by molar-refractivity contribution is 7.14. The summed E-state index contributed by atoms with van der Waals surface area (Å²) in [5.74, 6) is -1.14. The topological polar surface area (TPSA) is 82.6 Å². The predicted octanol–water partition coefficient (Wildman–Crippen LogP) is 4.77. The molecule has 1 aromatic carbocycles. The van der Waals surface area contributed by atoms with Gasteiger partial charge in [0.2, 0.25) is 5.91 Å². The van der Waals surface area contributed by atoms with Gasteiger partial charge in [-0.3, -0.25) is 4.79 Å². The SMILES string of the molecule is CNC(=O)N/N=C\c1sc(/C=C/C(=O)NC(c2cccc(C(F)(F)F)c2)C(F)(F)F)cc1C. The number of alkyl halides is 6. The first kappa shape index (κ1) is 25.9. The van der Waals surface area contributed by atoms with Crippen LogP contribution in [-0.4, -0.2) is 31.4 Å². The number of rotatable bonds is 6. The lowest BCUT2D eigenvalue weighted by atomic mass is 10.0. The third-order valence-corrected chi connectivity index (χ3v) is 5.25. The van der Waals surface area contributed by atoms with Crippen LogP contribution in [-0.2, 0) is 11.0 Å². The Kier molecular flexibility index (Phi) is 8.25. The van der Waals surface area contributed by atoms with E-state index in [4.69, 9.17) is 0 Å². The molecule has 3 N–H and O–H groups in total. The molecule has 0 aliphatic rings. The summed E-state index contributed by atoms with van der Waals surface area (Å²) in [5, 5.41) is 7.72. The molecule has 3 amide bonds. The number of hydrazone groups is 1. The van der Waals surface area contributed by atoms with Crippen molar-refractivity contribution in [3.63, 3.8) is 0 Å². The first-order chi connectivity index (χ1) is 15.3. The normalized spacial score (nSPS) is 13.3. The molecule has 0 aliphatic heterocycles. The van der Waals surface area contributed by atoms with E-state index in [9.17, 15) is 35.9 Å². The van der Waals surface area contributed by atoms with Crippen molar-refractivity contribution in [2.45, 2.75) is 25.3 Å². The quantitative estimate of drug-likeness (QED) is 0.235. The lowest BCUT2D eigenvalue weighted by Crippen LogP contribution is -2.37. The second-order valence-corrected chi connectivity index (χ2v) is 7.70. The number of aryl methyl sites for hydroxylation is 1. The largest absolute Gasteiger partial charge is 0.416 e. The number of benzene rings is 1. The molecule has 6 nitrogen and oxygen atoms in total. The second-order valence-electron chi connectivity index (χ2n) is 6.58. The first-order valence-corrected chi connectivity index (χ1v) is 9.96. The summed E-state index contributed by atoms with van der Waals surface area (Å²) >= 11 is 1.15. The van der Waals surface area contributed by atoms with Crippen LogP contribution in [0.4, 0.5) is 31.1 Å². The molecule has 13 heteroatoms. The molecule has 33 heavy (non-hydrogen) atoms. The molecule has 0 spiro atoms. The molecular formula is C20H18F6N4O2S. The second kappa shape index (κ2) is 10.5. The van der Waals surface area contributed by atoms with Crippen LogP contribution in [0.2, 0.25) is 0 Å². The fourth-order valence-electron chi connectivity index (χ4n) is 2.53. The van der Waals surface area contributed by atoms with E-state index in [-0.39, 0.29) is 0 Å². The van der Waals surface area contributed by atoms with Crippen LogP contribution in [0.15, 0.2) is 41.5 Å². The molecule has 0 bridgehead atoms. The Bertz CT molecular complexity index is 1060. The van der Waals surface area contributed by atoms with Gasteiger partial charge in [-0.05, 0) is 42.3 Å². The fourth-order valence-corrected chi connectivity index (χ4v) is 3.49. The van der Waals surface area contributed by atoms with Gasteiger partial charge in [0.25, 0.3) is 0 Å². The summed E-state index contributed by atoms with van der Waals surface area (Å²) in [4.78, 5) is 24.3. The molecule has 0 saturated carbocycles. The summed E-state index contributed by atoms with van der Waals surface area (Å²) in [5.41, 5.74) is 0.936. The Morgan fingerprint density at radius 3 is 2.42 bits per heavy atom. The summed E-state index contributed by atoms with van der Waals surface area (Å²) < 4.78 is 78.9. The number of nitrogens with zero attached hydrogens (tertiary/aromatic N) is 1. The number of nitrogens with one attached hydrogen (secondary N) is 3. The van der Waals surface area contributed by atoms with Gasteiger partial charge < -0.3 is 10.6 Å². The summed E-state index contributed by atoms with van der Waals surface area (Å²) in [6, 6.07) is 1.18. The van der Waals surface area contributed by atoms with E-state index in [1.807, 2.05) is 0 Å². The van der Waals surface area contributed by atoms with Crippen molar-refractivity contribution in [2.75, 3.05) is 7.05 Å². The van der Waals surface area contributed by atoms with Crippen LogP contribution < -0.4 is 16.1 Å². The lowest BCUT2D eigenvalue weighted by Gasteiger charge is -2.22. The van der Waals surface area contributed by atoms with Crippen molar-refractivity contribution < 1.29 is 35.9 Å². The van der Waals surface area contributed by atoms with Crippen molar-refractivity contribution in [1.82, 2.24) is 16.1 Å². The highest BCUT2D eigenvalue weighted by atomic mass is 32.1. The van der Waals surface area contributed by atoms with E-state index in [1.54, 1.807) is 18.3 Å². The zero-order valence-electron chi connectivity index (χ0n) is 17.1. The molecule has 0 fully saturated rings. The number of hydrogen-bond acceptors (Lipinski definition) is 4. The monoisotopic (exact) mass is 492 g/mol. The lowest BCUT2D eigenvalue weighted by molar-refractivity contribution is -0.162. The zero-order chi connectivity index (χ0) is 24.8. The highest BCUT2D eigenvalue weighted by Crippen LogP contribution is 2.36. The zero-order valence-corrected chi connectivity index (χ0v) is 18.0. The van der Waals surface area contributed by atoms with Gasteiger partial charge in [0, 0.05) is 18.0 Å². The number of hydrogen-bond donors (Lipinski definition) is 3. The Morgan fingerprint density at radius 1 is 1.12 bits per heavy atom. The van der Waals surface area contributed by atoms with Crippen molar-refractivity contribution in [2.24, 2.45) is 5.10 Å². The number of halogens is 6. The van der Waals surface area contributed by atoms with E-state index in [1.165, 1.54) is 19.3 Å². The minimum atomic E-state index is -5.02. The van der Waals surface area contributed by atoms with Gasteiger partial charge in [0.15, 0.2) is 6.04 Å². The molecular weight excluding hydrogens is 474 g/mol. The molecule has 0 radical (unpaired) electrons. The molecule has 0 aliphatic carbocycles. The molecule has 1 aromatic heterocycles. The van der Waals surface area contributed by atoms with Gasteiger partial charge >= 0.3 is 18.4 Å². The van der Waals surface area contributed by atoms with Crippen molar-refractivity contribution in [3.8, 4) is 0 Å². The molecule has 2 aromatic rings. The van der Waals surface area contributed by atoms with Gasteiger partial charge in [-0.1, -0.05) is 12.1 Å². The molecule has 178 valence electrons. The van der Waals surface area contributed by atoms with Crippen molar-refractivity contribution >= 4 is 35.6 Å². The maximum Gasteiger partial charge on any atom is 0.416 e. The maximum atomic E-state index is 13.4. The van der Waals surface area contributed by atoms with Crippen molar-refractivity contribution in [3.05, 3.63) is 62.9 Å². The van der Waals surface area contributed by atoms with Crippen LogP contribution in [0.25, 0.3) is 6.08 Å². The van der Waals surface area contributed by atoms with E-state index >= 15 is 0 Å². The number of carbonyl (C=O) groups is 2. The average molecular weight is 492 g/mol. The maximum absolute atomic E-state index is 13.4. The number of thiophene rings is 1. The summed E-state index contributed by atoms with van der Waals surface area (Å²) in [7, 11) is 1.41. The number of urea groups is 1. The third kappa shape index (κ3) is 7.63. The molecule has 1 atom stereocenters. The van der Waals surface area contributed by atoms with E-state index < -0.39 is 41.5 Å². The minimum absolute atomic E-state index is 0.350. The number of amides is 3. The van der Waals surface area contributed by atoms with E-state index in [2.05, 4.69) is 15.8 Å². The smallest absolute Gasteiger partial charge is 0.340 e. The van der Waals surface area contributed by atoms with E-state index in [0.29, 0.717) is 21.9 Å². The van der Waals surface area contributed by atoms with E-state index in [0.717, 1.165) is 35.1 Å². The predicted molar refractivity (Wildman–Crippen MR) is 112 cm³/mol. The molecule has 0 saturated heterocycles. The van der Waals surface area contributed by atoms with Crippen LogP contribution >= 0.6 is 11.3 Å². The molecule has 1 heterocycles. The summed E-state index contributed by atoms with van der Waals surface area (Å²) in [6.07, 6.45) is -6.38. The van der Waals surface area contributed by atoms with Gasteiger partial charge in [0.1, 0.15) is 0 Å². The molecule has 1 unspecified atom stereocenters. The third-order valence-electron chi connectivity index (χ3n) is 4.11. The Hall–Kier alpha value is -3.35. The first-order valence-electron chi connectivity index (χ1n) is 9.15. The Labute approximate surface area is 188 Å². The van der Waals surface area contributed by atoms with Gasteiger partial charge in [-0.15, -0.1) is 11.3 Å². The van der Waals surface area contributed by atoms with Gasteiger partial charge in [-0.25, -0.2) is 10.2 Å². The standard InChI is InChI=1S/C20H18F6N4O2S/c1-11-8-14(33-15(11)10-28-30-18(32)27-2)6-7-16(31)29-17(20(24,25)26)12-4-3-5-13(9-12)19(21,22)23/h3-10,17H,1-2H3,(H,29,31)(H2,27,30,32)/b7-6+,28-10-. The minimum Gasteiger partial charge on any atom is -0.340 e. The number of carbonyl (C=O) groups excluding carboxylic acids is 2. The van der Waals surface area contributed by atoms with Crippen molar-refractivity contribution in [1.29, 1.82) is 0 Å². The van der Waals surface area contributed by atoms with Crippen LogP contribution in [0.5, 0.6) is 0 Å². The van der Waals surface area contributed by atoms with Gasteiger partial charge in [-0.2, -0.15) is 31.4 Å². The molecule has 2 rings (SSSR count). The Balaban J connectivity index is 2.16. The summed E-state index contributed by atoms with van der Waals surface area (Å²) in [6.45, 7) is 1.72. The Morgan fingerprint density at radius 2 is 1.82 bits per heavy atom. The van der Waals surface area contributed by atoms with Crippen LogP contribution in [0.1, 0.15) is 32.5 Å². The average Bonchev–Trinajstić information content (AvgIpc) is 3.08. The van der Waals surface area contributed by atoms with Crippen LogP contribution in [0, 0.1) is 6.92 Å². The van der Waals surface area contributed by atoms with Gasteiger partial charge in [0.05, 0.1) is 16.7 Å².